The van der Waals surface area contributed by atoms with Crippen LogP contribution in [0.4, 0.5) is 0 Å². The Morgan fingerprint density at radius 3 is 1.24 bits per heavy atom. The van der Waals surface area contributed by atoms with Crippen LogP contribution in [-0.2, 0) is 23.8 Å². The fraction of sp³-hybridized carbons (Fsp3) is 0.816. The molecule has 87 heavy (non-hydrogen) atoms. The first kappa shape index (κ1) is 82.1. The Morgan fingerprint density at radius 2 is 0.828 bits per heavy atom. The summed E-state index contributed by atoms with van der Waals surface area (Å²) in [7, 11) is 0. The first-order valence-corrected chi connectivity index (χ1v) is 36.7. The number of ether oxygens (including phenoxy) is 3. The Hall–Kier alpha value is -2.90. The minimum atomic E-state index is -1.62. The summed E-state index contributed by atoms with van der Waals surface area (Å²) in [6, 6.07) is -1.04. The van der Waals surface area contributed by atoms with Crippen molar-refractivity contribution in [3.63, 3.8) is 0 Å². The summed E-state index contributed by atoms with van der Waals surface area (Å²) >= 11 is 0. The van der Waals surface area contributed by atoms with Crippen molar-refractivity contribution in [1.29, 1.82) is 0 Å². The number of hydrogen-bond acceptors (Lipinski definition) is 10. The average Bonchev–Trinajstić information content (AvgIpc) is 1.56. The second-order valence-corrected chi connectivity index (χ2v) is 25.3. The van der Waals surface area contributed by atoms with E-state index in [2.05, 4.69) is 86.8 Å². The van der Waals surface area contributed by atoms with Crippen molar-refractivity contribution in [3.05, 3.63) is 72.9 Å². The van der Waals surface area contributed by atoms with E-state index in [0.29, 0.717) is 12.8 Å². The lowest BCUT2D eigenvalue weighted by Crippen LogP contribution is -2.61. The number of carbonyl (C=O) groups is 2. The van der Waals surface area contributed by atoms with Crippen LogP contribution in [0.15, 0.2) is 72.9 Å². The molecule has 0 radical (unpaired) electrons. The molecule has 8 unspecified atom stereocenters. The summed E-state index contributed by atoms with van der Waals surface area (Å²) < 4.78 is 17.7. The molecular weight excluding hydrogens is 1090 g/mol. The lowest BCUT2D eigenvalue weighted by atomic mass is 9.99. The maximum Gasteiger partial charge on any atom is 0.306 e. The Balaban J connectivity index is 2.52. The van der Waals surface area contributed by atoms with E-state index >= 15 is 0 Å². The van der Waals surface area contributed by atoms with Gasteiger partial charge in [-0.2, -0.15) is 0 Å². The standard InChI is InChI=1S/C76H137NO10/c1-4-7-10-13-16-19-22-24-26-28-30-32-33-34-35-36-37-38-40-42-44-46-49-52-55-58-61-64-71(81)87-74-73(83)72(82)70(65-78)86-76(74)85-66-67(68(79)62-59-56-53-50-47-21-18-15-12-9-6-3)77-75(84)69(80)63-60-57-54-51-48-45-43-41-39-31-29-27-25-23-20-17-14-11-8-5-2/h8,11,17,20,25,27,31,39,43,45,59,62,67-70,72-74,76,78-80,82-83H,4-7,9-10,12-16,18-19,21-24,26,28-30,32-38,40-42,44,46-58,60-61,63-66H2,1-3H3,(H,77,84)/b11-8-,20-17-,27-25-,39-31-,45-43-,62-59+. The zero-order valence-corrected chi connectivity index (χ0v) is 56.4. The molecule has 1 amide bonds. The molecule has 1 heterocycles. The third kappa shape index (κ3) is 50.4. The van der Waals surface area contributed by atoms with Crippen LogP contribution in [0.1, 0.15) is 335 Å². The topological polar surface area (TPSA) is 175 Å². The van der Waals surface area contributed by atoms with Gasteiger partial charge in [0.25, 0.3) is 0 Å². The molecule has 0 saturated carbocycles. The zero-order chi connectivity index (χ0) is 63.1. The molecular formula is C76H137NO10. The van der Waals surface area contributed by atoms with Crippen molar-refractivity contribution in [2.75, 3.05) is 13.2 Å². The van der Waals surface area contributed by atoms with Crippen LogP contribution in [0.3, 0.4) is 0 Å². The summed E-state index contributed by atoms with van der Waals surface area (Å²) in [5.74, 6) is -1.21. The van der Waals surface area contributed by atoms with Crippen LogP contribution in [0.25, 0.3) is 0 Å². The van der Waals surface area contributed by atoms with Crippen molar-refractivity contribution in [2.45, 2.75) is 384 Å². The quantitative estimate of drug-likeness (QED) is 0.0195. The highest BCUT2D eigenvalue weighted by atomic mass is 16.7. The summed E-state index contributed by atoms with van der Waals surface area (Å²) in [5.41, 5.74) is 0. The van der Waals surface area contributed by atoms with Gasteiger partial charge in [0, 0.05) is 6.42 Å². The van der Waals surface area contributed by atoms with Gasteiger partial charge in [-0.15, -0.1) is 0 Å². The summed E-state index contributed by atoms with van der Waals surface area (Å²) in [5, 5.41) is 57.2. The van der Waals surface area contributed by atoms with Crippen LogP contribution >= 0.6 is 0 Å². The smallest absolute Gasteiger partial charge is 0.306 e. The second-order valence-electron chi connectivity index (χ2n) is 25.3. The van der Waals surface area contributed by atoms with Gasteiger partial charge in [0.2, 0.25) is 5.91 Å². The Morgan fingerprint density at radius 1 is 0.460 bits per heavy atom. The van der Waals surface area contributed by atoms with E-state index in [-0.39, 0.29) is 19.4 Å². The number of aliphatic hydroxyl groups is 5. The van der Waals surface area contributed by atoms with Gasteiger partial charge in [-0.25, -0.2) is 0 Å². The molecule has 0 bridgehead atoms. The Kier molecular flexibility index (Phi) is 59.7. The SMILES string of the molecule is CC/C=C\C/C=C\C/C=C\C/C=C\C/C=C\CCCCCCC(O)C(=O)NC(COC1OC(CO)C(O)C(O)C1OC(=O)CCCCCCCCCCCCCCCCCCCCCCCCCCCCC)C(O)/C=C/CCCCCCCCCCC. The number of nitrogens with one attached hydrogen (secondary N) is 1. The maximum absolute atomic E-state index is 13.5. The van der Waals surface area contributed by atoms with Crippen molar-refractivity contribution >= 4 is 11.9 Å². The van der Waals surface area contributed by atoms with Crippen LogP contribution in [0.2, 0.25) is 0 Å². The largest absolute Gasteiger partial charge is 0.454 e. The third-order valence-corrected chi connectivity index (χ3v) is 17.1. The van der Waals surface area contributed by atoms with Crippen LogP contribution in [-0.4, -0.2) is 99.6 Å². The van der Waals surface area contributed by atoms with Crippen LogP contribution < -0.4 is 5.32 Å². The Bertz CT molecular complexity index is 1690. The van der Waals surface area contributed by atoms with Gasteiger partial charge < -0.3 is 45.1 Å². The van der Waals surface area contributed by atoms with E-state index in [0.717, 1.165) is 96.3 Å². The third-order valence-electron chi connectivity index (χ3n) is 17.1. The molecule has 11 nitrogen and oxygen atoms in total. The lowest BCUT2D eigenvalue weighted by molar-refractivity contribution is -0.305. The van der Waals surface area contributed by atoms with E-state index in [4.69, 9.17) is 14.2 Å². The number of carbonyl (C=O) groups excluding carboxylic acids is 2. The fourth-order valence-corrected chi connectivity index (χ4v) is 11.4. The highest BCUT2D eigenvalue weighted by molar-refractivity contribution is 5.80. The van der Waals surface area contributed by atoms with Gasteiger partial charge in [-0.1, -0.05) is 331 Å². The maximum atomic E-state index is 13.5. The van der Waals surface area contributed by atoms with Gasteiger partial charge in [0.05, 0.1) is 25.4 Å². The minimum absolute atomic E-state index is 0.123. The van der Waals surface area contributed by atoms with Crippen molar-refractivity contribution in [3.8, 4) is 0 Å². The van der Waals surface area contributed by atoms with E-state index in [1.165, 1.54) is 193 Å². The second kappa shape index (κ2) is 63.3. The summed E-state index contributed by atoms with van der Waals surface area (Å²) in [6.45, 7) is 5.70. The molecule has 1 rings (SSSR count). The van der Waals surface area contributed by atoms with E-state index < -0.39 is 67.4 Å². The molecule has 8 atom stereocenters. The van der Waals surface area contributed by atoms with E-state index in [1.54, 1.807) is 6.08 Å². The normalized spacial score (nSPS) is 18.6. The van der Waals surface area contributed by atoms with Gasteiger partial charge in [0.15, 0.2) is 12.4 Å². The molecule has 0 aromatic rings. The number of amides is 1. The van der Waals surface area contributed by atoms with E-state index in [9.17, 15) is 35.1 Å². The first-order valence-electron chi connectivity index (χ1n) is 36.7. The molecule has 1 aliphatic heterocycles. The fourth-order valence-electron chi connectivity index (χ4n) is 11.4. The highest BCUT2D eigenvalue weighted by Gasteiger charge is 2.47. The molecule has 1 fully saturated rings. The van der Waals surface area contributed by atoms with Crippen molar-refractivity contribution < 1.29 is 49.3 Å². The summed E-state index contributed by atoms with van der Waals surface area (Å²) in [4.78, 5) is 26.7. The molecule has 1 saturated heterocycles. The average molecular weight is 1220 g/mol. The van der Waals surface area contributed by atoms with Crippen molar-refractivity contribution in [1.82, 2.24) is 5.32 Å². The Labute approximate surface area is 534 Å². The molecule has 0 spiro atoms. The van der Waals surface area contributed by atoms with Gasteiger partial charge in [0.1, 0.15) is 24.4 Å². The number of rotatable bonds is 63. The van der Waals surface area contributed by atoms with Gasteiger partial charge in [-0.3, -0.25) is 9.59 Å². The van der Waals surface area contributed by atoms with Gasteiger partial charge >= 0.3 is 5.97 Å². The number of hydrogen-bond donors (Lipinski definition) is 6. The molecule has 0 aromatic heterocycles. The number of esters is 1. The summed E-state index contributed by atoms with van der Waals surface area (Å²) in [6.07, 6.45) is 72.5. The lowest BCUT2D eigenvalue weighted by Gasteiger charge is -2.41. The minimum Gasteiger partial charge on any atom is -0.454 e. The zero-order valence-electron chi connectivity index (χ0n) is 56.4. The highest BCUT2D eigenvalue weighted by Crippen LogP contribution is 2.26. The molecule has 1 aliphatic rings. The van der Waals surface area contributed by atoms with Gasteiger partial charge in [-0.05, 0) is 70.6 Å². The first-order chi connectivity index (χ1) is 42.7. The molecule has 6 N–H and O–H groups in total. The molecule has 0 aliphatic carbocycles. The molecule has 11 heteroatoms. The van der Waals surface area contributed by atoms with E-state index in [1.807, 2.05) is 6.08 Å². The number of allylic oxidation sites excluding steroid dienone is 11. The van der Waals surface area contributed by atoms with Crippen LogP contribution in [0.5, 0.6) is 0 Å². The number of aliphatic hydroxyl groups excluding tert-OH is 5. The molecule has 506 valence electrons. The molecule has 0 aromatic carbocycles. The monoisotopic (exact) mass is 1220 g/mol. The predicted octanol–water partition coefficient (Wildman–Crippen LogP) is 19.1. The van der Waals surface area contributed by atoms with Crippen molar-refractivity contribution in [2.24, 2.45) is 0 Å². The predicted molar refractivity (Wildman–Crippen MR) is 366 cm³/mol. The van der Waals surface area contributed by atoms with Crippen LogP contribution in [0, 0.1) is 0 Å². The number of unbranched alkanes of at least 4 members (excludes halogenated alkanes) is 39.